The Bertz CT molecular complexity index is 991. The minimum absolute atomic E-state index is 0.0951. The van der Waals surface area contributed by atoms with Gasteiger partial charge in [0.2, 0.25) is 0 Å². The van der Waals surface area contributed by atoms with Crippen LogP contribution in [0.4, 0.5) is 0 Å². The van der Waals surface area contributed by atoms with Gasteiger partial charge >= 0.3 is 5.97 Å². The van der Waals surface area contributed by atoms with Crippen molar-refractivity contribution in [2.45, 2.75) is 18.4 Å². The average molecular weight is 357 g/mol. The number of esters is 1. The number of fused-ring (bicyclic) bond motifs is 1. The molecule has 5 nitrogen and oxygen atoms in total. The number of para-hydroxylation sites is 1. The number of carbonyl (C=O) groups excluding carboxylic acids is 1. The minimum atomic E-state index is -3.43. The summed E-state index contributed by atoms with van der Waals surface area (Å²) in [7, 11) is -3.43. The predicted molar refractivity (Wildman–Crippen MR) is 96.4 cm³/mol. The number of sulfone groups is 1. The molecule has 3 aromatic rings. The van der Waals surface area contributed by atoms with Crippen LogP contribution in [0.5, 0.6) is 0 Å². The topological polar surface area (TPSA) is 65.4 Å². The van der Waals surface area contributed by atoms with E-state index in [0.29, 0.717) is 5.69 Å². The summed E-state index contributed by atoms with van der Waals surface area (Å²) in [6.07, 6.45) is 0. The van der Waals surface area contributed by atoms with Crippen molar-refractivity contribution in [3.63, 3.8) is 0 Å². The average Bonchev–Trinajstić information content (AvgIpc) is 3.00. The van der Waals surface area contributed by atoms with Crippen molar-refractivity contribution in [1.29, 1.82) is 0 Å². The monoisotopic (exact) mass is 357 g/mol. The Labute approximate surface area is 146 Å². The summed E-state index contributed by atoms with van der Waals surface area (Å²) < 4.78 is 31.9. The van der Waals surface area contributed by atoms with Crippen molar-refractivity contribution in [2.75, 3.05) is 12.4 Å². The standard InChI is InChI=1S/C19H19NO4S/c1-2-24-19(21)18-14-15-8-6-7-11-17(15)20(18)12-13-25(22,23)16-9-4-3-5-10-16/h3-11,14H,2,12-13H2,1H3. The Morgan fingerprint density at radius 2 is 1.72 bits per heavy atom. The molecule has 1 aromatic heterocycles. The fourth-order valence-electron chi connectivity index (χ4n) is 2.78. The number of ether oxygens (including phenoxy) is 1. The van der Waals surface area contributed by atoms with Crippen molar-refractivity contribution < 1.29 is 17.9 Å². The van der Waals surface area contributed by atoms with Gasteiger partial charge < -0.3 is 9.30 Å². The fourth-order valence-corrected chi connectivity index (χ4v) is 4.01. The molecule has 1 heterocycles. The molecule has 2 aromatic carbocycles. The lowest BCUT2D eigenvalue weighted by molar-refractivity contribution is 0.0514. The molecule has 0 N–H and O–H groups in total. The highest BCUT2D eigenvalue weighted by Crippen LogP contribution is 2.21. The molecule has 0 spiro atoms. The van der Waals surface area contributed by atoms with Crippen LogP contribution in [0, 0.1) is 0 Å². The zero-order chi connectivity index (χ0) is 17.9. The van der Waals surface area contributed by atoms with E-state index in [1.165, 1.54) is 0 Å². The van der Waals surface area contributed by atoms with Crippen LogP contribution in [-0.4, -0.2) is 31.3 Å². The number of benzene rings is 2. The van der Waals surface area contributed by atoms with Crippen molar-refractivity contribution in [2.24, 2.45) is 0 Å². The third-order valence-corrected chi connectivity index (χ3v) is 5.69. The second-order valence-electron chi connectivity index (χ2n) is 5.59. The Hall–Kier alpha value is -2.60. The normalized spacial score (nSPS) is 11.6. The molecule has 0 aliphatic carbocycles. The lowest BCUT2D eigenvalue weighted by Gasteiger charge is -2.11. The summed E-state index contributed by atoms with van der Waals surface area (Å²) in [5, 5.41) is 0.877. The number of hydrogen-bond acceptors (Lipinski definition) is 4. The maximum Gasteiger partial charge on any atom is 0.354 e. The first-order valence-electron chi connectivity index (χ1n) is 8.06. The molecule has 130 valence electrons. The lowest BCUT2D eigenvalue weighted by Crippen LogP contribution is -2.18. The number of hydrogen-bond donors (Lipinski definition) is 0. The van der Waals surface area contributed by atoms with E-state index in [0.717, 1.165) is 10.9 Å². The minimum Gasteiger partial charge on any atom is -0.461 e. The quantitative estimate of drug-likeness (QED) is 0.635. The third-order valence-electron chi connectivity index (χ3n) is 3.98. The largest absolute Gasteiger partial charge is 0.461 e. The van der Waals surface area contributed by atoms with Crippen LogP contribution < -0.4 is 0 Å². The van der Waals surface area contributed by atoms with E-state index < -0.39 is 15.8 Å². The molecule has 0 bridgehead atoms. The van der Waals surface area contributed by atoms with Crippen molar-refractivity contribution in [3.8, 4) is 0 Å². The number of aryl methyl sites for hydroxylation is 1. The molecule has 6 heteroatoms. The molecule has 0 saturated carbocycles. The number of carbonyl (C=O) groups is 1. The molecule has 0 radical (unpaired) electrons. The van der Waals surface area contributed by atoms with Gasteiger partial charge in [-0.15, -0.1) is 0 Å². The highest BCUT2D eigenvalue weighted by atomic mass is 32.2. The SMILES string of the molecule is CCOC(=O)c1cc2ccccc2n1CCS(=O)(=O)c1ccccc1. The smallest absolute Gasteiger partial charge is 0.354 e. The molecule has 0 unspecified atom stereocenters. The van der Waals surface area contributed by atoms with Gasteiger partial charge in [0.05, 0.1) is 17.3 Å². The summed E-state index contributed by atoms with van der Waals surface area (Å²) in [4.78, 5) is 12.5. The number of rotatable bonds is 6. The molecule has 0 aliphatic rings. The van der Waals surface area contributed by atoms with Crippen molar-refractivity contribution in [1.82, 2.24) is 4.57 Å². The van der Waals surface area contributed by atoms with Gasteiger partial charge in [-0.3, -0.25) is 0 Å². The van der Waals surface area contributed by atoms with Crippen LogP contribution in [0.3, 0.4) is 0 Å². The van der Waals surface area contributed by atoms with Crippen LogP contribution in [0.15, 0.2) is 65.6 Å². The van der Waals surface area contributed by atoms with Crippen LogP contribution >= 0.6 is 0 Å². The summed E-state index contributed by atoms with van der Waals surface area (Å²) >= 11 is 0. The Morgan fingerprint density at radius 1 is 1.04 bits per heavy atom. The third kappa shape index (κ3) is 3.58. The second kappa shape index (κ2) is 7.11. The van der Waals surface area contributed by atoms with Crippen LogP contribution in [0.2, 0.25) is 0 Å². The first kappa shape index (κ1) is 17.2. The van der Waals surface area contributed by atoms with Gasteiger partial charge in [0.1, 0.15) is 5.69 Å². The van der Waals surface area contributed by atoms with Gasteiger partial charge in [-0.1, -0.05) is 36.4 Å². The van der Waals surface area contributed by atoms with Gasteiger partial charge in [-0.2, -0.15) is 0 Å². The van der Waals surface area contributed by atoms with Gasteiger partial charge in [0, 0.05) is 17.4 Å². The summed E-state index contributed by atoms with van der Waals surface area (Å²) in [6, 6.07) is 17.6. The fraction of sp³-hybridized carbons (Fsp3) is 0.211. The van der Waals surface area contributed by atoms with E-state index in [1.807, 2.05) is 24.3 Å². The molecular weight excluding hydrogens is 338 g/mol. The van der Waals surface area contributed by atoms with E-state index in [9.17, 15) is 13.2 Å². The molecular formula is C19H19NO4S. The van der Waals surface area contributed by atoms with Gasteiger partial charge in [0.15, 0.2) is 9.84 Å². The van der Waals surface area contributed by atoms with Gasteiger partial charge in [0.25, 0.3) is 0 Å². The summed E-state index contributed by atoms with van der Waals surface area (Å²) in [5.41, 5.74) is 1.18. The summed E-state index contributed by atoms with van der Waals surface area (Å²) in [6.45, 7) is 2.19. The van der Waals surface area contributed by atoms with E-state index in [4.69, 9.17) is 4.74 Å². The maximum atomic E-state index is 12.5. The molecule has 3 rings (SSSR count). The second-order valence-corrected chi connectivity index (χ2v) is 7.70. The first-order valence-corrected chi connectivity index (χ1v) is 9.71. The van der Waals surface area contributed by atoms with E-state index in [-0.39, 0.29) is 23.8 Å². The number of nitrogens with zero attached hydrogens (tertiary/aromatic N) is 1. The van der Waals surface area contributed by atoms with Crippen LogP contribution in [-0.2, 0) is 21.1 Å². The Morgan fingerprint density at radius 3 is 2.44 bits per heavy atom. The van der Waals surface area contributed by atoms with Crippen LogP contribution in [0.1, 0.15) is 17.4 Å². The highest BCUT2D eigenvalue weighted by Gasteiger charge is 2.20. The zero-order valence-corrected chi connectivity index (χ0v) is 14.7. The van der Waals surface area contributed by atoms with Gasteiger partial charge in [-0.05, 0) is 31.2 Å². The molecule has 0 fully saturated rings. The maximum absolute atomic E-state index is 12.5. The molecule has 25 heavy (non-hydrogen) atoms. The molecule has 0 saturated heterocycles. The highest BCUT2D eigenvalue weighted by molar-refractivity contribution is 7.91. The predicted octanol–water partition coefficient (Wildman–Crippen LogP) is 3.29. The van der Waals surface area contributed by atoms with Crippen LogP contribution in [0.25, 0.3) is 10.9 Å². The molecule has 0 amide bonds. The van der Waals surface area contributed by atoms with Crippen molar-refractivity contribution in [3.05, 3.63) is 66.4 Å². The van der Waals surface area contributed by atoms with E-state index in [2.05, 4.69) is 0 Å². The number of aromatic nitrogens is 1. The summed E-state index contributed by atoms with van der Waals surface area (Å²) in [5.74, 6) is -0.543. The Balaban J connectivity index is 1.95. The van der Waals surface area contributed by atoms with Crippen molar-refractivity contribution >= 4 is 26.7 Å². The molecule has 0 aliphatic heterocycles. The van der Waals surface area contributed by atoms with E-state index >= 15 is 0 Å². The zero-order valence-electron chi connectivity index (χ0n) is 13.9. The van der Waals surface area contributed by atoms with E-state index in [1.54, 1.807) is 47.9 Å². The lowest BCUT2D eigenvalue weighted by atomic mass is 10.2. The molecule has 0 atom stereocenters. The van der Waals surface area contributed by atoms with Gasteiger partial charge in [-0.25, -0.2) is 13.2 Å². The Kier molecular flexibility index (Phi) is 4.90. The first-order chi connectivity index (χ1) is 12.0.